The van der Waals surface area contributed by atoms with Crippen LogP contribution in [0, 0.1) is 0 Å². The van der Waals surface area contributed by atoms with E-state index in [0.29, 0.717) is 5.96 Å². The van der Waals surface area contributed by atoms with Gasteiger partial charge < -0.3 is 10.1 Å². The first-order valence-corrected chi connectivity index (χ1v) is 7.38. The van der Waals surface area contributed by atoms with Gasteiger partial charge in [0.2, 0.25) is 5.96 Å². The highest BCUT2D eigenvalue weighted by Crippen LogP contribution is 2.31. The average Bonchev–Trinajstić information content (AvgIpc) is 2.89. The standard InChI is InChI=1S/C15H15N3O2S/c1-20-15(19)18-14-16-12-8-7-11(9-13(12)17-14)21-10-5-3-2-4-6-10/h2-9,12-13H,1H3,(H2,16,17,18,19). The van der Waals surface area contributed by atoms with Crippen LogP contribution < -0.4 is 10.6 Å². The Labute approximate surface area is 127 Å². The third-order valence-corrected chi connectivity index (χ3v) is 4.15. The third-order valence-electron chi connectivity index (χ3n) is 3.14. The van der Waals surface area contributed by atoms with E-state index in [1.54, 1.807) is 11.8 Å². The number of ether oxygens (including phenoxy) is 1. The molecule has 1 aromatic carbocycles. The first-order chi connectivity index (χ1) is 10.2. The van der Waals surface area contributed by atoms with Crippen molar-refractivity contribution in [1.29, 1.82) is 0 Å². The van der Waals surface area contributed by atoms with E-state index in [9.17, 15) is 4.79 Å². The number of benzene rings is 1. The van der Waals surface area contributed by atoms with Crippen molar-refractivity contribution in [1.82, 2.24) is 10.6 Å². The third kappa shape index (κ3) is 3.28. The molecule has 0 spiro atoms. The summed E-state index contributed by atoms with van der Waals surface area (Å²) < 4.78 is 4.56. The number of rotatable bonds is 2. The van der Waals surface area contributed by atoms with Gasteiger partial charge in [-0.25, -0.2) is 9.79 Å². The maximum atomic E-state index is 11.2. The lowest BCUT2D eigenvalue weighted by Crippen LogP contribution is -2.42. The van der Waals surface area contributed by atoms with Crippen molar-refractivity contribution in [3.05, 3.63) is 53.5 Å². The summed E-state index contributed by atoms with van der Waals surface area (Å²) in [5.41, 5.74) is 0. The van der Waals surface area contributed by atoms with Crippen LogP contribution in [-0.2, 0) is 4.74 Å². The Morgan fingerprint density at radius 1 is 1.38 bits per heavy atom. The van der Waals surface area contributed by atoms with Gasteiger partial charge in [-0.15, -0.1) is 0 Å². The number of allylic oxidation sites excluding steroid dienone is 1. The van der Waals surface area contributed by atoms with Crippen molar-refractivity contribution in [3.8, 4) is 0 Å². The smallest absolute Gasteiger partial charge is 0.413 e. The monoisotopic (exact) mass is 301 g/mol. The van der Waals surface area contributed by atoms with Crippen LogP contribution in [-0.4, -0.2) is 31.2 Å². The minimum atomic E-state index is -0.522. The minimum absolute atomic E-state index is 0.0114. The number of carbonyl (C=O) groups excluding carboxylic acids is 1. The Balaban J connectivity index is 1.65. The van der Waals surface area contributed by atoms with Gasteiger partial charge in [-0.3, -0.25) is 5.32 Å². The van der Waals surface area contributed by atoms with Crippen molar-refractivity contribution in [2.45, 2.75) is 17.0 Å². The van der Waals surface area contributed by atoms with Crippen molar-refractivity contribution in [3.63, 3.8) is 0 Å². The van der Waals surface area contributed by atoms with Gasteiger partial charge in [0.05, 0.1) is 19.2 Å². The second kappa shape index (κ2) is 6.05. The number of carbonyl (C=O) groups is 1. The number of fused-ring (bicyclic) bond motifs is 1. The fourth-order valence-electron chi connectivity index (χ4n) is 2.15. The van der Waals surface area contributed by atoms with Gasteiger partial charge in [-0.2, -0.15) is 0 Å². The van der Waals surface area contributed by atoms with E-state index in [1.165, 1.54) is 12.0 Å². The molecule has 108 valence electrons. The number of nitrogens with one attached hydrogen (secondary N) is 2. The molecular formula is C15H15N3O2S. The van der Waals surface area contributed by atoms with Crippen LogP contribution in [0.4, 0.5) is 4.79 Å². The van der Waals surface area contributed by atoms with Crippen LogP contribution in [0.2, 0.25) is 0 Å². The number of nitrogens with zero attached hydrogens (tertiary/aromatic N) is 1. The molecule has 0 saturated carbocycles. The molecule has 1 amide bonds. The van der Waals surface area contributed by atoms with Crippen LogP contribution in [0.5, 0.6) is 0 Å². The normalized spacial score (nSPS) is 22.7. The lowest BCUT2D eigenvalue weighted by molar-refractivity contribution is 0.176. The second-order valence-corrected chi connectivity index (χ2v) is 5.75. The predicted octanol–water partition coefficient (Wildman–Crippen LogP) is 2.28. The predicted molar refractivity (Wildman–Crippen MR) is 83.2 cm³/mol. The molecule has 0 fully saturated rings. The van der Waals surface area contributed by atoms with Crippen molar-refractivity contribution >= 4 is 23.8 Å². The molecule has 1 aliphatic carbocycles. The quantitative estimate of drug-likeness (QED) is 0.880. The van der Waals surface area contributed by atoms with E-state index in [-0.39, 0.29) is 12.1 Å². The highest BCUT2D eigenvalue weighted by molar-refractivity contribution is 8.03. The van der Waals surface area contributed by atoms with Crippen molar-refractivity contribution in [2.24, 2.45) is 4.99 Å². The molecule has 2 unspecified atom stereocenters. The number of amides is 1. The number of alkyl carbamates (subject to hydrolysis) is 1. The van der Waals surface area contributed by atoms with Crippen LogP contribution in [0.1, 0.15) is 0 Å². The molecule has 5 nitrogen and oxygen atoms in total. The van der Waals surface area contributed by atoms with Gasteiger partial charge in [0.1, 0.15) is 0 Å². The number of hydrogen-bond acceptors (Lipinski definition) is 5. The summed E-state index contributed by atoms with van der Waals surface area (Å²) in [5, 5.41) is 5.73. The zero-order chi connectivity index (χ0) is 14.7. The SMILES string of the molecule is COC(=O)NC1=NC2C=CC(Sc3ccccc3)=CC2N1. The molecule has 3 rings (SSSR count). The number of methoxy groups -OCH3 is 1. The molecular weight excluding hydrogens is 286 g/mol. The minimum Gasteiger partial charge on any atom is -0.453 e. The highest BCUT2D eigenvalue weighted by atomic mass is 32.2. The topological polar surface area (TPSA) is 62.7 Å². The zero-order valence-electron chi connectivity index (χ0n) is 11.4. The highest BCUT2D eigenvalue weighted by Gasteiger charge is 2.28. The summed E-state index contributed by atoms with van der Waals surface area (Å²) in [6.45, 7) is 0. The van der Waals surface area contributed by atoms with E-state index in [4.69, 9.17) is 0 Å². The van der Waals surface area contributed by atoms with Gasteiger partial charge in [-0.1, -0.05) is 42.1 Å². The first-order valence-electron chi connectivity index (χ1n) is 6.57. The van der Waals surface area contributed by atoms with Gasteiger partial charge in [-0.05, 0) is 18.2 Å². The van der Waals surface area contributed by atoms with Crippen LogP contribution in [0.3, 0.4) is 0 Å². The maximum Gasteiger partial charge on any atom is 0.413 e. The van der Waals surface area contributed by atoms with E-state index < -0.39 is 6.09 Å². The summed E-state index contributed by atoms with van der Waals surface area (Å²) >= 11 is 1.70. The van der Waals surface area contributed by atoms with Crippen LogP contribution in [0.15, 0.2) is 63.4 Å². The number of thioether (sulfide) groups is 1. The fraction of sp³-hybridized carbons (Fsp3) is 0.200. The van der Waals surface area contributed by atoms with Crippen molar-refractivity contribution < 1.29 is 9.53 Å². The van der Waals surface area contributed by atoms with E-state index in [2.05, 4.69) is 44.6 Å². The molecule has 0 saturated heterocycles. The lowest BCUT2D eigenvalue weighted by Gasteiger charge is -2.17. The second-order valence-electron chi connectivity index (χ2n) is 4.60. The van der Waals surface area contributed by atoms with Gasteiger partial charge in [0.15, 0.2) is 0 Å². The lowest BCUT2D eigenvalue weighted by atomic mass is 10.1. The number of aliphatic imine (C=N–C) groups is 1. The fourth-order valence-corrected chi connectivity index (χ4v) is 3.07. The largest absolute Gasteiger partial charge is 0.453 e. The Morgan fingerprint density at radius 3 is 2.95 bits per heavy atom. The molecule has 21 heavy (non-hydrogen) atoms. The maximum absolute atomic E-state index is 11.2. The first kappa shape index (κ1) is 13.8. The molecule has 6 heteroatoms. The molecule has 2 N–H and O–H groups in total. The van der Waals surface area contributed by atoms with Crippen molar-refractivity contribution in [2.75, 3.05) is 7.11 Å². The molecule has 0 bridgehead atoms. The zero-order valence-corrected chi connectivity index (χ0v) is 12.3. The van der Waals surface area contributed by atoms with Gasteiger partial charge in [0, 0.05) is 9.80 Å². The summed E-state index contributed by atoms with van der Waals surface area (Å²) in [5.74, 6) is 0.448. The molecule has 0 aromatic heterocycles. The van der Waals surface area contributed by atoms with Gasteiger partial charge in [0.25, 0.3) is 0 Å². The summed E-state index contributed by atoms with van der Waals surface area (Å²) in [6, 6.07) is 10.3. The summed E-state index contributed by atoms with van der Waals surface area (Å²) in [4.78, 5) is 17.9. The molecule has 1 heterocycles. The van der Waals surface area contributed by atoms with E-state index in [0.717, 1.165) is 4.91 Å². The molecule has 2 atom stereocenters. The van der Waals surface area contributed by atoms with E-state index >= 15 is 0 Å². The Bertz CT molecular complexity index is 625. The molecule has 2 aliphatic rings. The Morgan fingerprint density at radius 2 is 2.19 bits per heavy atom. The molecule has 1 aromatic rings. The Hall–Kier alpha value is -2.21. The average molecular weight is 301 g/mol. The summed E-state index contributed by atoms with van der Waals surface area (Å²) in [6.07, 6.45) is 5.70. The number of hydrogen-bond donors (Lipinski definition) is 2. The van der Waals surface area contributed by atoms with Crippen LogP contribution in [0.25, 0.3) is 0 Å². The molecule has 1 aliphatic heterocycles. The molecule has 0 radical (unpaired) electrons. The van der Waals surface area contributed by atoms with Gasteiger partial charge >= 0.3 is 6.09 Å². The van der Waals surface area contributed by atoms with Crippen LogP contribution >= 0.6 is 11.8 Å². The van der Waals surface area contributed by atoms with E-state index in [1.807, 2.05) is 24.3 Å². The Kier molecular flexibility index (Phi) is 3.96. The number of guanidine groups is 1. The summed E-state index contributed by atoms with van der Waals surface area (Å²) in [7, 11) is 1.33.